The highest BCUT2D eigenvalue weighted by Gasteiger charge is 2.25. The first-order chi connectivity index (χ1) is 16.1. The summed E-state index contributed by atoms with van der Waals surface area (Å²) in [6, 6.07) is 14.4. The van der Waals surface area contributed by atoms with Gasteiger partial charge in [0.2, 0.25) is 5.95 Å². The second-order valence-electron chi connectivity index (χ2n) is 7.08. The van der Waals surface area contributed by atoms with Gasteiger partial charge in [0, 0.05) is 11.8 Å². The quantitative estimate of drug-likeness (QED) is 0.411. The van der Waals surface area contributed by atoms with E-state index in [2.05, 4.69) is 29.9 Å². The molecule has 5 rings (SSSR count). The van der Waals surface area contributed by atoms with Crippen LogP contribution < -0.4 is 5.73 Å². The van der Waals surface area contributed by atoms with Crippen molar-refractivity contribution in [2.75, 3.05) is 5.73 Å². The Morgan fingerprint density at radius 1 is 1.09 bits per heavy atom. The molecule has 0 radical (unpaired) electrons. The normalized spacial score (nSPS) is 11.9. The van der Waals surface area contributed by atoms with E-state index in [9.17, 15) is 9.50 Å². The Morgan fingerprint density at radius 3 is 2.70 bits per heavy atom. The number of hydrogen-bond acceptors (Lipinski definition) is 7. The highest BCUT2D eigenvalue weighted by Crippen LogP contribution is 2.35. The number of aliphatic hydroxyl groups is 1. The van der Waals surface area contributed by atoms with Crippen molar-refractivity contribution in [2.45, 2.75) is 6.10 Å². The summed E-state index contributed by atoms with van der Waals surface area (Å²) < 4.78 is 15.5. The standard InChI is InChI=1S/C23H15FN8O/c1-26-14-6-4-5-13(11-14)19-18(17-9-10-27-12-28-17)22-30-21(31-32(22)23(25)29-19)20(33)15-7-2-3-8-16(15)24/h2-12,20,33H,(H2,25,29). The van der Waals surface area contributed by atoms with Gasteiger partial charge in [-0.1, -0.05) is 36.4 Å². The third-order valence-electron chi connectivity index (χ3n) is 5.06. The smallest absolute Gasteiger partial charge is 0.223 e. The van der Waals surface area contributed by atoms with Crippen LogP contribution in [-0.2, 0) is 0 Å². The molecule has 3 heterocycles. The number of fused-ring (bicyclic) bond motifs is 1. The summed E-state index contributed by atoms with van der Waals surface area (Å²) in [5.74, 6) is -0.621. The van der Waals surface area contributed by atoms with Crippen molar-refractivity contribution < 1.29 is 9.50 Å². The number of nitrogen functional groups attached to an aromatic ring is 1. The summed E-state index contributed by atoms with van der Waals surface area (Å²) >= 11 is 0. The molecule has 0 fully saturated rings. The monoisotopic (exact) mass is 438 g/mol. The lowest BCUT2D eigenvalue weighted by atomic mass is 10.0. The Bertz CT molecular complexity index is 1530. The van der Waals surface area contributed by atoms with Crippen LogP contribution in [0.3, 0.4) is 0 Å². The molecule has 9 nitrogen and oxygen atoms in total. The molecule has 1 atom stereocenters. The molecular weight excluding hydrogens is 423 g/mol. The van der Waals surface area contributed by atoms with E-state index in [0.717, 1.165) is 0 Å². The molecule has 0 saturated carbocycles. The fourth-order valence-corrected chi connectivity index (χ4v) is 3.53. The van der Waals surface area contributed by atoms with Gasteiger partial charge >= 0.3 is 0 Å². The molecule has 0 aliphatic rings. The van der Waals surface area contributed by atoms with Gasteiger partial charge in [0.1, 0.15) is 18.2 Å². The van der Waals surface area contributed by atoms with Crippen molar-refractivity contribution in [3.05, 3.63) is 95.7 Å². The van der Waals surface area contributed by atoms with E-state index in [1.54, 1.807) is 42.6 Å². The molecule has 5 aromatic rings. The molecular formula is C23H15FN8O. The number of rotatable bonds is 4. The van der Waals surface area contributed by atoms with E-state index < -0.39 is 11.9 Å². The number of hydrogen-bond donors (Lipinski definition) is 2. The van der Waals surface area contributed by atoms with Crippen LogP contribution in [0.15, 0.2) is 67.1 Å². The summed E-state index contributed by atoms with van der Waals surface area (Å²) in [5, 5.41) is 15.1. The number of nitrogens with zero attached hydrogens (tertiary/aromatic N) is 7. The van der Waals surface area contributed by atoms with Crippen LogP contribution in [0.2, 0.25) is 0 Å². The van der Waals surface area contributed by atoms with Gasteiger partial charge in [0.05, 0.1) is 23.5 Å². The van der Waals surface area contributed by atoms with Gasteiger partial charge in [-0.15, -0.1) is 5.10 Å². The van der Waals surface area contributed by atoms with Crippen LogP contribution in [0.5, 0.6) is 0 Å². The van der Waals surface area contributed by atoms with Gasteiger partial charge in [0.25, 0.3) is 0 Å². The second kappa shape index (κ2) is 8.07. The maximum Gasteiger partial charge on any atom is 0.223 e. The number of benzene rings is 2. The zero-order valence-corrected chi connectivity index (χ0v) is 17.0. The molecule has 0 aliphatic heterocycles. The first kappa shape index (κ1) is 20.2. The number of aromatic nitrogens is 6. The van der Waals surface area contributed by atoms with Gasteiger partial charge in [-0.3, -0.25) is 0 Å². The summed E-state index contributed by atoms with van der Waals surface area (Å²) in [6.45, 7) is 7.32. The fraction of sp³-hybridized carbons (Fsp3) is 0.0435. The molecule has 0 saturated heterocycles. The minimum atomic E-state index is -1.42. The zero-order chi connectivity index (χ0) is 22.9. The lowest BCUT2D eigenvalue weighted by Gasteiger charge is -2.11. The number of aliphatic hydroxyl groups excluding tert-OH is 1. The third kappa shape index (κ3) is 3.52. The van der Waals surface area contributed by atoms with Crippen LogP contribution in [0.4, 0.5) is 16.0 Å². The van der Waals surface area contributed by atoms with E-state index in [1.807, 2.05) is 0 Å². The van der Waals surface area contributed by atoms with Crippen molar-refractivity contribution in [3.8, 4) is 22.5 Å². The Hall–Kier alpha value is -4.75. The molecule has 160 valence electrons. The Morgan fingerprint density at radius 2 is 1.94 bits per heavy atom. The maximum atomic E-state index is 14.3. The first-order valence-electron chi connectivity index (χ1n) is 9.79. The van der Waals surface area contributed by atoms with Gasteiger partial charge < -0.3 is 10.8 Å². The number of halogens is 1. The second-order valence-corrected chi connectivity index (χ2v) is 7.08. The van der Waals surface area contributed by atoms with Crippen LogP contribution in [0.25, 0.3) is 33.0 Å². The summed E-state index contributed by atoms with van der Waals surface area (Å²) in [5.41, 5.74) is 8.97. The molecule has 0 bridgehead atoms. The predicted molar refractivity (Wildman–Crippen MR) is 118 cm³/mol. The average Bonchev–Trinajstić information content (AvgIpc) is 3.30. The van der Waals surface area contributed by atoms with Crippen molar-refractivity contribution in [2.24, 2.45) is 0 Å². The molecule has 3 aromatic heterocycles. The highest BCUT2D eigenvalue weighted by molar-refractivity contribution is 5.89. The topological polar surface area (TPSA) is 119 Å². The molecule has 0 amide bonds. The van der Waals surface area contributed by atoms with Crippen LogP contribution in [0, 0.1) is 12.4 Å². The molecule has 1 unspecified atom stereocenters. The molecule has 0 spiro atoms. The van der Waals surface area contributed by atoms with E-state index >= 15 is 0 Å². The zero-order valence-electron chi connectivity index (χ0n) is 17.0. The van der Waals surface area contributed by atoms with E-state index in [1.165, 1.54) is 29.0 Å². The van der Waals surface area contributed by atoms with Gasteiger partial charge in [-0.2, -0.15) is 4.52 Å². The van der Waals surface area contributed by atoms with Crippen LogP contribution >= 0.6 is 0 Å². The molecule has 33 heavy (non-hydrogen) atoms. The predicted octanol–water partition coefficient (Wildman–Crippen LogP) is 3.60. The first-order valence-corrected chi connectivity index (χ1v) is 9.79. The number of anilines is 1. The van der Waals surface area contributed by atoms with Crippen LogP contribution in [0.1, 0.15) is 17.5 Å². The van der Waals surface area contributed by atoms with Gasteiger partial charge in [-0.25, -0.2) is 29.2 Å². The summed E-state index contributed by atoms with van der Waals surface area (Å²) in [4.78, 5) is 20.8. The molecule has 0 aliphatic carbocycles. The maximum absolute atomic E-state index is 14.3. The van der Waals surface area contributed by atoms with Crippen LogP contribution in [-0.4, -0.2) is 34.7 Å². The largest absolute Gasteiger partial charge is 0.380 e. The third-order valence-corrected chi connectivity index (χ3v) is 5.06. The Balaban J connectivity index is 1.79. The average molecular weight is 438 g/mol. The van der Waals surface area contributed by atoms with E-state index in [0.29, 0.717) is 28.2 Å². The minimum absolute atomic E-state index is 0.00510. The Kier molecular flexibility index (Phi) is 4.93. The molecule has 2 aromatic carbocycles. The van der Waals surface area contributed by atoms with E-state index in [-0.39, 0.29) is 23.0 Å². The number of nitrogens with two attached hydrogens (primary N) is 1. The van der Waals surface area contributed by atoms with Crippen molar-refractivity contribution in [1.82, 2.24) is 29.5 Å². The Labute approximate surface area is 186 Å². The summed E-state index contributed by atoms with van der Waals surface area (Å²) in [7, 11) is 0. The van der Waals surface area contributed by atoms with Gasteiger partial charge in [-0.05, 0) is 23.8 Å². The van der Waals surface area contributed by atoms with E-state index in [4.69, 9.17) is 12.3 Å². The molecule has 3 N–H and O–H groups in total. The minimum Gasteiger partial charge on any atom is -0.380 e. The van der Waals surface area contributed by atoms with Gasteiger partial charge in [0.15, 0.2) is 17.2 Å². The van der Waals surface area contributed by atoms with Crippen molar-refractivity contribution in [3.63, 3.8) is 0 Å². The lowest BCUT2D eigenvalue weighted by Crippen LogP contribution is -2.07. The summed E-state index contributed by atoms with van der Waals surface area (Å²) in [6.07, 6.45) is 1.53. The fourth-order valence-electron chi connectivity index (χ4n) is 3.53. The lowest BCUT2D eigenvalue weighted by molar-refractivity contribution is 0.205. The van der Waals surface area contributed by atoms with Crippen molar-refractivity contribution >= 4 is 17.3 Å². The highest BCUT2D eigenvalue weighted by atomic mass is 19.1. The molecule has 10 heteroatoms. The van der Waals surface area contributed by atoms with Crippen molar-refractivity contribution in [1.29, 1.82) is 0 Å². The SMILES string of the molecule is [C-]#[N+]c1cccc(-c2nc(N)n3nc(C(O)c4ccccc4F)nc3c2-c2ccncn2)c1.